The number of nitrogens with one attached hydrogen (secondary N) is 2. The first-order chi connectivity index (χ1) is 14.9. The Kier molecular flexibility index (Phi) is 11.0. The average Bonchev–Trinajstić information content (AvgIpc) is 2.65. The zero-order valence-corrected chi connectivity index (χ0v) is 19.5. The minimum absolute atomic E-state index is 0.00129. The first-order valence-corrected chi connectivity index (χ1v) is 10.8. The molecule has 0 aromatic heterocycles. The zero-order valence-electron chi connectivity index (χ0n) is 18.7. The molecule has 1 aromatic rings. The highest BCUT2D eigenvalue weighted by atomic mass is 35.5. The number of anilines is 1. The zero-order chi connectivity index (χ0) is 24.3. The Balaban J connectivity index is 2.81. The SMILES string of the molecule is CC(C)(C)OC(=O)N[C@@H](CCC(N)=O)C(=O)Nc1cccc(CCCCCC(=O)O)c1Cl. The van der Waals surface area contributed by atoms with E-state index in [1.54, 1.807) is 32.9 Å². The Morgan fingerprint density at radius 1 is 1.12 bits per heavy atom. The second kappa shape index (κ2) is 12.9. The van der Waals surface area contributed by atoms with E-state index < -0.39 is 35.5 Å². The van der Waals surface area contributed by atoms with Gasteiger partial charge in [-0.1, -0.05) is 30.2 Å². The van der Waals surface area contributed by atoms with Crippen LogP contribution in [0.5, 0.6) is 0 Å². The largest absolute Gasteiger partial charge is 0.481 e. The van der Waals surface area contributed by atoms with Crippen molar-refractivity contribution in [1.29, 1.82) is 0 Å². The summed E-state index contributed by atoms with van der Waals surface area (Å²) in [7, 11) is 0. The minimum atomic E-state index is -1.05. The lowest BCUT2D eigenvalue weighted by atomic mass is 10.0. The monoisotopic (exact) mass is 469 g/mol. The lowest BCUT2D eigenvalue weighted by molar-refractivity contribution is -0.137. The van der Waals surface area contributed by atoms with Gasteiger partial charge in [0.05, 0.1) is 10.7 Å². The summed E-state index contributed by atoms with van der Waals surface area (Å²) in [6, 6.07) is 4.16. The maximum Gasteiger partial charge on any atom is 0.408 e. The number of carbonyl (C=O) groups is 4. The number of unbranched alkanes of at least 4 members (excludes halogenated alkanes) is 2. The number of hydrogen-bond acceptors (Lipinski definition) is 5. The van der Waals surface area contributed by atoms with E-state index in [-0.39, 0.29) is 19.3 Å². The molecule has 9 nitrogen and oxygen atoms in total. The Morgan fingerprint density at radius 2 is 1.81 bits per heavy atom. The summed E-state index contributed by atoms with van der Waals surface area (Å²) in [5, 5.41) is 14.2. The van der Waals surface area contributed by atoms with Crippen molar-refractivity contribution in [2.75, 3.05) is 5.32 Å². The predicted molar refractivity (Wildman–Crippen MR) is 121 cm³/mol. The number of carboxylic acids is 1. The second-order valence-electron chi connectivity index (χ2n) is 8.43. The van der Waals surface area contributed by atoms with E-state index in [1.807, 2.05) is 6.07 Å². The number of carboxylic acid groups (broad SMARTS) is 1. The van der Waals surface area contributed by atoms with Gasteiger partial charge < -0.3 is 26.2 Å². The van der Waals surface area contributed by atoms with Crippen LogP contribution in [0.25, 0.3) is 0 Å². The molecule has 0 saturated heterocycles. The number of ether oxygens (including phenoxy) is 1. The van der Waals surface area contributed by atoms with Crippen molar-refractivity contribution in [3.8, 4) is 0 Å². The molecule has 0 radical (unpaired) electrons. The highest BCUT2D eigenvalue weighted by molar-refractivity contribution is 6.34. The maximum atomic E-state index is 12.8. The molecule has 1 aromatic carbocycles. The first kappa shape index (κ1) is 27.2. The molecular formula is C22H32ClN3O6. The molecule has 0 saturated carbocycles. The van der Waals surface area contributed by atoms with Gasteiger partial charge in [-0.15, -0.1) is 0 Å². The van der Waals surface area contributed by atoms with Crippen LogP contribution in [0.15, 0.2) is 18.2 Å². The summed E-state index contributed by atoms with van der Waals surface area (Å²) < 4.78 is 5.19. The smallest absolute Gasteiger partial charge is 0.408 e. The van der Waals surface area contributed by atoms with Crippen molar-refractivity contribution in [1.82, 2.24) is 5.32 Å². The Labute approximate surface area is 193 Å². The number of benzene rings is 1. The summed E-state index contributed by atoms with van der Waals surface area (Å²) in [6.07, 6.45) is 1.95. The second-order valence-corrected chi connectivity index (χ2v) is 8.80. The fourth-order valence-electron chi connectivity index (χ4n) is 2.86. The number of halogens is 1. The lowest BCUT2D eigenvalue weighted by Gasteiger charge is -2.23. The highest BCUT2D eigenvalue weighted by Crippen LogP contribution is 2.27. The molecular weight excluding hydrogens is 438 g/mol. The third-order valence-corrected chi connectivity index (χ3v) is 4.81. The average molecular weight is 470 g/mol. The summed E-state index contributed by atoms with van der Waals surface area (Å²) in [5.41, 5.74) is 5.62. The van der Waals surface area contributed by atoms with Crippen LogP contribution in [0.4, 0.5) is 10.5 Å². The fourth-order valence-corrected chi connectivity index (χ4v) is 3.13. The van der Waals surface area contributed by atoms with Crippen LogP contribution in [0.1, 0.15) is 64.9 Å². The number of aryl methyl sites for hydroxylation is 1. The lowest BCUT2D eigenvalue weighted by Crippen LogP contribution is -2.46. The van der Waals surface area contributed by atoms with E-state index in [1.165, 1.54) is 0 Å². The van der Waals surface area contributed by atoms with Crippen molar-refractivity contribution < 1.29 is 29.0 Å². The molecule has 1 rings (SSSR count). The highest BCUT2D eigenvalue weighted by Gasteiger charge is 2.25. The molecule has 0 unspecified atom stereocenters. The summed E-state index contributed by atoms with van der Waals surface area (Å²) >= 11 is 6.45. The van der Waals surface area contributed by atoms with Crippen molar-refractivity contribution in [3.63, 3.8) is 0 Å². The van der Waals surface area contributed by atoms with Gasteiger partial charge in [0.1, 0.15) is 11.6 Å². The minimum Gasteiger partial charge on any atom is -0.481 e. The van der Waals surface area contributed by atoms with E-state index in [0.29, 0.717) is 23.6 Å². The molecule has 5 N–H and O–H groups in total. The van der Waals surface area contributed by atoms with Gasteiger partial charge in [-0.2, -0.15) is 0 Å². The number of alkyl carbamates (subject to hydrolysis) is 1. The topological polar surface area (TPSA) is 148 Å². The molecule has 0 heterocycles. The molecule has 0 fully saturated rings. The molecule has 0 spiro atoms. The van der Waals surface area contributed by atoms with Crippen molar-refractivity contribution in [2.45, 2.75) is 77.4 Å². The number of nitrogens with two attached hydrogens (primary N) is 1. The fraction of sp³-hybridized carbons (Fsp3) is 0.545. The molecule has 0 bridgehead atoms. The van der Waals surface area contributed by atoms with Gasteiger partial charge in [0.25, 0.3) is 0 Å². The number of aliphatic carboxylic acids is 1. The number of primary amides is 1. The molecule has 0 aliphatic heterocycles. The van der Waals surface area contributed by atoms with E-state index in [9.17, 15) is 19.2 Å². The molecule has 32 heavy (non-hydrogen) atoms. The third kappa shape index (κ3) is 11.0. The van der Waals surface area contributed by atoms with Crippen LogP contribution in [-0.4, -0.2) is 40.6 Å². The van der Waals surface area contributed by atoms with Crippen molar-refractivity contribution in [3.05, 3.63) is 28.8 Å². The van der Waals surface area contributed by atoms with Crippen LogP contribution in [0.3, 0.4) is 0 Å². The van der Waals surface area contributed by atoms with E-state index >= 15 is 0 Å². The normalized spacial score (nSPS) is 12.0. The Morgan fingerprint density at radius 3 is 2.41 bits per heavy atom. The predicted octanol–water partition coefficient (Wildman–Crippen LogP) is 3.62. The van der Waals surface area contributed by atoms with Crippen LogP contribution < -0.4 is 16.4 Å². The molecule has 3 amide bonds. The van der Waals surface area contributed by atoms with Gasteiger partial charge in [0.2, 0.25) is 11.8 Å². The van der Waals surface area contributed by atoms with E-state index in [2.05, 4.69) is 10.6 Å². The van der Waals surface area contributed by atoms with Crippen LogP contribution in [-0.2, 0) is 25.5 Å². The summed E-state index contributed by atoms with van der Waals surface area (Å²) in [5.74, 6) is -1.98. The number of hydrogen-bond donors (Lipinski definition) is 4. The van der Waals surface area contributed by atoms with E-state index in [4.69, 9.17) is 27.2 Å². The molecule has 0 aliphatic rings. The van der Waals surface area contributed by atoms with Gasteiger partial charge in [-0.25, -0.2) is 4.79 Å². The maximum absolute atomic E-state index is 12.8. The number of rotatable bonds is 12. The van der Waals surface area contributed by atoms with Gasteiger partial charge in [0, 0.05) is 12.8 Å². The van der Waals surface area contributed by atoms with Gasteiger partial charge in [-0.3, -0.25) is 14.4 Å². The number of carbonyl (C=O) groups excluding carboxylic acids is 3. The molecule has 178 valence electrons. The van der Waals surface area contributed by atoms with Crippen LogP contribution in [0.2, 0.25) is 5.02 Å². The summed E-state index contributed by atoms with van der Waals surface area (Å²) in [4.78, 5) is 46.7. The summed E-state index contributed by atoms with van der Waals surface area (Å²) in [6.45, 7) is 5.08. The van der Waals surface area contributed by atoms with Crippen LogP contribution >= 0.6 is 11.6 Å². The number of amides is 3. The quantitative estimate of drug-likeness (QED) is 0.343. The molecule has 10 heteroatoms. The van der Waals surface area contributed by atoms with E-state index in [0.717, 1.165) is 18.4 Å². The van der Waals surface area contributed by atoms with Gasteiger partial charge >= 0.3 is 12.1 Å². The van der Waals surface area contributed by atoms with Crippen molar-refractivity contribution in [2.24, 2.45) is 5.73 Å². The van der Waals surface area contributed by atoms with Gasteiger partial charge in [-0.05, 0) is 58.1 Å². The Hall–Kier alpha value is -2.81. The van der Waals surface area contributed by atoms with Crippen LogP contribution in [0, 0.1) is 0 Å². The molecule has 1 atom stereocenters. The standard InChI is InChI=1S/C22H32ClN3O6/c1-22(2,3)32-21(31)26-16(12-13-17(24)27)20(30)25-15-10-7-9-14(19(15)23)8-5-4-6-11-18(28)29/h7,9-10,16H,4-6,8,11-13H2,1-3H3,(H2,24,27)(H,25,30)(H,26,31)(H,28,29)/t16-/m0/s1. The Bertz CT molecular complexity index is 822. The third-order valence-electron chi connectivity index (χ3n) is 4.36. The molecule has 0 aliphatic carbocycles. The first-order valence-electron chi connectivity index (χ1n) is 10.5. The van der Waals surface area contributed by atoms with Crippen molar-refractivity contribution >= 4 is 41.2 Å². The van der Waals surface area contributed by atoms with Gasteiger partial charge in [0.15, 0.2) is 0 Å².